The third kappa shape index (κ3) is 33.0. The van der Waals surface area contributed by atoms with Crippen molar-refractivity contribution in [2.45, 2.75) is 73.1 Å². The van der Waals surface area contributed by atoms with Crippen molar-refractivity contribution >= 4 is 122 Å². The van der Waals surface area contributed by atoms with Gasteiger partial charge in [-0.25, -0.2) is 14.4 Å². The molecule has 0 atom stereocenters. The lowest BCUT2D eigenvalue weighted by molar-refractivity contribution is -0.139. The number of ether oxygens (including phenoxy) is 4. The Morgan fingerprint density at radius 1 is 0.303 bits per heavy atom. The molecule has 0 aliphatic carbocycles. The normalized spacial score (nSPS) is 10.1. The van der Waals surface area contributed by atoms with Crippen LogP contribution in [0.1, 0.15) is 194 Å². The highest BCUT2D eigenvalue weighted by Gasteiger charge is 2.25. The molecule has 27 nitrogen and oxygen atoms in total. The molecule has 0 fully saturated rings. The maximum Gasteiger partial charge on any atom is 0.333 e. The van der Waals surface area contributed by atoms with Gasteiger partial charge in [0.15, 0.2) is 40.5 Å². The van der Waals surface area contributed by atoms with Crippen LogP contribution in [0.4, 0.5) is 28.4 Å². The second-order valence-electron chi connectivity index (χ2n) is 29.6. The van der Waals surface area contributed by atoms with Gasteiger partial charge in [0.05, 0.1) is 31.4 Å². The van der Waals surface area contributed by atoms with Gasteiger partial charge in [-0.1, -0.05) is 178 Å². The van der Waals surface area contributed by atoms with E-state index >= 15 is 0 Å². The van der Waals surface area contributed by atoms with Crippen molar-refractivity contribution in [3.8, 4) is 5.75 Å². The van der Waals surface area contributed by atoms with Gasteiger partial charge in [-0.2, -0.15) is 0 Å². The number of nitrogen functional groups attached to an aromatic ring is 4. The number of nitrogens with two attached hydrogens (primary N) is 4. The average Bonchev–Trinajstić information content (AvgIpc) is 0.782. The summed E-state index contributed by atoms with van der Waals surface area (Å²) in [5.41, 5.74) is 32.3. The van der Waals surface area contributed by atoms with E-state index in [1.165, 1.54) is 6.92 Å². The van der Waals surface area contributed by atoms with E-state index in [0.717, 1.165) is 0 Å². The molecule has 0 heterocycles. The lowest BCUT2D eigenvalue weighted by Crippen LogP contribution is -2.35. The third-order valence-electron chi connectivity index (χ3n) is 19.1. The van der Waals surface area contributed by atoms with Gasteiger partial charge in [0.1, 0.15) is 19.0 Å². The standard InChI is InChI=1S/C22H24N2O3.C22H23NO4.C20H20ClNO4.C20H21N3O3.C20H20N2O4/c1-15(2)22(27)24-14-8-7-13-20(25)16-9-3-4-10-17(16)21(26)18-11-5-6-12-19(18)23;1-15(2)22(26)27-14-8-7-13-20(24)16-9-3-4-10-17(16)21(25)18-11-5-6-12-19(18)23;1-13(2)20(24)26-11-10-22-18-9-6-15(21)12-17(18)19(23)14-4-7-16(25-3)8-5-14;1-13(2)19(25)22-11-12-23-20(26)15-8-4-3-7-14(15)18(24)16-9-5-6-10-17(16)21;1-13(2)20(25)26-12-11-22-19(24)15-8-4-3-7-14(15)18(23)16-9-5-6-10-17(16)21/h3-6,9-12H,1,7-8,13-14,23H2,2H3,(H,24,27);3-6,9-12H,1,7-8,13-14,23H2,2H3;4-9,12,22H,1,10-11H2,2-3H3;3-10H,1,11-12,21H2,2H3,(H,22,25)(H,23,26);3-10H,1,11-12,21H2,2H3,(H,22,24). The Kier molecular flexibility index (Phi) is 43.0. The molecule has 0 radical (unpaired) electrons. The minimum Gasteiger partial charge on any atom is -0.497 e. The first-order valence-electron chi connectivity index (χ1n) is 41.7. The third-order valence-corrected chi connectivity index (χ3v) is 19.3. The molecule has 0 bridgehead atoms. The summed E-state index contributed by atoms with van der Waals surface area (Å²) in [6.07, 6.45) is 2.97. The maximum atomic E-state index is 12.8. The van der Waals surface area contributed by atoms with Crippen molar-refractivity contribution in [2.75, 3.05) is 87.9 Å². The summed E-state index contributed by atoms with van der Waals surface area (Å²) in [6.45, 7) is 27.4. The number of Topliss-reactive ketones (excluding diaryl/α,β-unsaturated/α-hetero) is 2. The van der Waals surface area contributed by atoms with Crippen LogP contribution >= 0.6 is 11.6 Å². The van der Waals surface area contributed by atoms with E-state index < -0.39 is 29.7 Å². The fourth-order valence-electron chi connectivity index (χ4n) is 12.0. The minimum absolute atomic E-state index is 0.0131. The second-order valence-corrected chi connectivity index (χ2v) is 30.1. The van der Waals surface area contributed by atoms with E-state index in [9.17, 15) is 67.1 Å². The topological polar surface area (TPSA) is 440 Å². The molecule has 0 saturated carbocycles. The highest BCUT2D eigenvalue weighted by molar-refractivity contribution is 6.31. The zero-order valence-corrected chi connectivity index (χ0v) is 75.2. The van der Waals surface area contributed by atoms with Gasteiger partial charge >= 0.3 is 17.9 Å². The van der Waals surface area contributed by atoms with Gasteiger partial charge < -0.3 is 68.5 Å². The van der Waals surface area contributed by atoms with Gasteiger partial charge in [-0.3, -0.25) is 52.7 Å². The first kappa shape index (κ1) is 105. The number of anilines is 5. The Balaban J connectivity index is 0.000000254. The number of ketones is 7. The van der Waals surface area contributed by atoms with Gasteiger partial charge in [-0.15, -0.1) is 0 Å². The molecule has 10 aromatic carbocycles. The summed E-state index contributed by atoms with van der Waals surface area (Å²) in [6, 6.07) is 65.4. The number of halogens is 1. The van der Waals surface area contributed by atoms with Crippen LogP contribution < -0.4 is 54.3 Å². The van der Waals surface area contributed by atoms with Crippen LogP contribution in [0.2, 0.25) is 5.02 Å². The van der Waals surface area contributed by atoms with Crippen LogP contribution in [0, 0.1) is 0 Å². The molecule has 0 saturated heterocycles. The highest BCUT2D eigenvalue weighted by Crippen LogP contribution is 2.28. The number of nitrogens with one attached hydrogen (secondary N) is 5. The maximum absolute atomic E-state index is 12.8. The predicted octanol–water partition coefficient (Wildman–Crippen LogP) is 15.9. The second kappa shape index (κ2) is 54.2. The molecule has 684 valence electrons. The van der Waals surface area contributed by atoms with Gasteiger partial charge in [0, 0.05) is 167 Å². The summed E-state index contributed by atoms with van der Waals surface area (Å²) in [5, 5.41) is 14.2. The lowest BCUT2D eigenvalue weighted by atomic mass is 9.93. The zero-order chi connectivity index (χ0) is 96.9. The Morgan fingerprint density at radius 2 is 0.614 bits per heavy atom. The highest BCUT2D eigenvalue weighted by atomic mass is 35.5. The smallest absolute Gasteiger partial charge is 0.333 e. The molecule has 132 heavy (non-hydrogen) atoms. The zero-order valence-electron chi connectivity index (χ0n) is 74.5. The molecule has 0 unspecified atom stereocenters. The quantitative estimate of drug-likeness (QED) is 0.00430. The van der Waals surface area contributed by atoms with Crippen molar-refractivity contribution < 1.29 is 86.1 Å². The molecule has 10 rings (SSSR count). The first-order chi connectivity index (χ1) is 63.1. The minimum atomic E-state index is -0.519. The number of rotatable bonds is 40. The number of unbranched alkanes of at least 4 members (excludes halogenated alkanes) is 2. The van der Waals surface area contributed by atoms with Crippen molar-refractivity contribution in [3.05, 3.63) is 380 Å². The van der Waals surface area contributed by atoms with Gasteiger partial charge in [0.2, 0.25) is 11.8 Å². The Hall–Kier alpha value is -16.0. The van der Waals surface area contributed by atoms with E-state index in [1.54, 1.807) is 271 Å². The predicted molar refractivity (Wildman–Crippen MR) is 513 cm³/mol. The number of hydrogen-bond acceptors (Lipinski definition) is 23. The molecule has 0 spiro atoms. The molecule has 0 aliphatic heterocycles. The van der Waals surface area contributed by atoms with Crippen molar-refractivity contribution in [3.63, 3.8) is 0 Å². The first-order valence-corrected chi connectivity index (χ1v) is 42.1. The number of benzene rings is 10. The lowest BCUT2D eigenvalue weighted by Gasteiger charge is -2.12. The summed E-state index contributed by atoms with van der Waals surface area (Å²) < 4.78 is 20.1. The number of hydrogen-bond donors (Lipinski definition) is 9. The molecule has 0 aromatic heterocycles. The number of methoxy groups -OCH3 is 1. The van der Waals surface area contributed by atoms with Crippen LogP contribution in [0.25, 0.3) is 0 Å². The Morgan fingerprint density at radius 3 is 0.977 bits per heavy atom. The summed E-state index contributed by atoms with van der Waals surface area (Å²) in [5.74, 6) is -3.58. The molecular weight excluding hydrogens is 1700 g/mol. The van der Waals surface area contributed by atoms with Gasteiger partial charge in [0.25, 0.3) is 11.8 Å². The van der Waals surface area contributed by atoms with Gasteiger partial charge in [-0.05, 0) is 163 Å². The van der Waals surface area contributed by atoms with Crippen molar-refractivity contribution in [2.24, 2.45) is 0 Å². The summed E-state index contributed by atoms with van der Waals surface area (Å²) >= 11 is 6.05. The molecule has 10 aromatic rings. The summed E-state index contributed by atoms with van der Waals surface area (Å²) in [4.78, 5) is 171. The Bertz CT molecular complexity index is 5650. The molecule has 28 heteroatoms. The van der Waals surface area contributed by atoms with Crippen molar-refractivity contribution in [1.29, 1.82) is 0 Å². The summed E-state index contributed by atoms with van der Waals surface area (Å²) in [7, 11) is 1.57. The molecule has 0 aliphatic rings. The van der Waals surface area contributed by atoms with E-state index in [0.29, 0.717) is 162 Å². The fourth-order valence-corrected chi connectivity index (χ4v) is 12.2. The number of esters is 3. The van der Waals surface area contributed by atoms with Crippen LogP contribution in [0.15, 0.2) is 297 Å². The monoisotopic (exact) mass is 1810 g/mol. The Labute approximate surface area is 772 Å². The molecule has 4 amide bonds. The van der Waals surface area contributed by atoms with E-state index in [1.807, 2.05) is 0 Å². The van der Waals surface area contributed by atoms with Crippen LogP contribution in [0.3, 0.4) is 0 Å². The fraction of sp³-hybridized carbons (Fsp3) is 0.192. The van der Waals surface area contributed by atoms with Crippen LogP contribution in [0.5, 0.6) is 5.75 Å². The van der Waals surface area contributed by atoms with Crippen LogP contribution in [-0.4, -0.2) is 142 Å². The van der Waals surface area contributed by atoms with Crippen molar-refractivity contribution in [1.82, 2.24) is 21.3 Å². The van der Waals surface area contributed by atoms with E-state index in [4.69, 9.17) is 53.5 Å². The van der Waals surface area contributed by atoms with Crippen LogP contribution in [-0.2, 0) is 38.2 Å². The average molecular weight is 1810 g/mol. The number of amides is 4. The van der Waals surface area contributed by atoms with E-state index in [2.05, 4.69) is 59.5 Å². The largest absolute Gasteiger partial charge is 0.497 e. The molecule has 13 N–H and O–H groups in total. The number of para-hydroxylation sites is 4. The number of carbonyl (C=O) groups is 14. The SMILES string of the molecule is C=C(C)C(=O)NCCCCC(=O)c1ccccc1C(=O)c1ccccc1N.C=C(C)C(=O)NCCNC(=O)c1ccccc1C(=O)c1ccccc1N.C=C(C)C(=O)OCCCCC(=O)c1ccccc1C(=O)c1ccccc1N.C=C(C)C(=O)OCCNC(=O)c1ccccc1C(=O)c1ccccc1N.C=C(C)C(=O)OCCNc1ccc(Cl)cc1C(=O)c1ccc(OC)cc1. The molecular formula is C104H108ClN9O18. The van der Waals surface area contributed by atoms with E-state index in [-0.39, 0.29) is 126 Å². The number of carbonyl (C=O) groups excluding carboxylic acids is 14.